The van der Waals surface area contributed by atoms with Crippen molar-refractivity contribution < 1.29 is 0 Å². The minimum absolute atomic E-state index is 0.514. The van der Waals surface area contributed by atoms with E-state index in [1.54, 1.807) is 0 Å². The van der Waals surface area contributed by atoms with E-state index >= 15 is 0 Å². The SMILES string of the molecule is CC(CC1CCC1)Nc1cc(Cl)ccc1Br. The van der Waals surface area contributed by atoms with E-state index in [0.29, 0.717) is 6.04 Å². The van der Waals surface area contributed by atoms with Gasteiger partial charge in [-0.3, -0.25) is 0 Å². The Morgan fingerprint density at radius 1 is 1.50 bits per heavy atom. The minimum atomic E-state index is 0.514. The molecule has 0 saturated heterocycles. The molecule has 0 amide bonds. The van der Waals surface area contributed by atoms with Crippen molar-refractivity contribution in [2.45, 2.75) is 38.6 Å². The lowest BCUT2D eigenvalue weighted by molar-refractivity contribution is 0.286. The summed E-state index contributed by atoms with van der Waals surface area (Å²) in [7, 11) is 0. The van der Waals surface area contributed by atoms with E-state index in [0.717, 1.165) is 21.1 Å². The van der Waals surface area contributed by atoms with Crippen molar-refractivity contribution in [1.82, 2.24) is 0 Å². The summed E-state index contributed by atoms with van der Waals surface area (Å²) in [4.78, 5) is 0. The van der Waals surface area contributed by atoms with Gasteiger partial charge in [0.1, 0.15) is 0 Å². The summed E-state index contributed by atoms with van der Waals surface area (Å²) in [5.74, 6) is 0.931. The van der Waals surface area contributed by atoms with Crippen LogP contribution in [0, 0.1) is 5.92 Å². The first-order valence-corrected chi connectivity index (χ1v) is 7.04. The first-order chi connectivity index (χ1) is 7.65. The molecule has 1 aliphatic carbocycles. The summed E-state index contributed by atoms with van der Waals surface area (Å²) in [6, 6.07) is 6.37. The third-order valence-corrected chi connectivity index (χ3v) is 4.17. The predicted octanol–water partition coefficient (Wildman–Crippen LogP) is 5.09. The van der Waals surface area contributed by atoms with Crippen LogP contribution in [0.5, 0.6) is 0 Å². The fraction of sp³-hybridized carbons (Fsp3) is 0.538. The predicted molar refractivity (Wildman–Crippen MR) is 74.2 cm³/mol. The topological polar surface area (TPSA) is 12.0 Å². The fourth-order valence-electron chi connectivity index (χ4n) is 2.16. The molecular weight excluding hydrogens is 286 g/mol. The molecule has 0 bridgehead atoms. The Hall–Kier alpha value is -0.210. The van der Waals surface area contributed by atoms with E-state index in [2.05, 4.69) is 28.2 Å². The molecule has 16 heavy (non-hydrogen) atoms. The molecule has 1 unspecified atom stereocenters. The Balaban J connectivity index is 1.93. The fourth-order valence-corrected chi connectivity index (χ4v) is 2.69. The van der Waals surface area contributed by atoms with Crippen LogP contribution >= 0.6 is 27.5 Å². The Morgan fingerprint density at radius 3 is 2.88 bits per heavy atom. The summed E-state index contributed by atoms with van der Waals surface area (Å²) in [6.07, 6.45) is 5.49. The highest BCUT2D eigenvalue weighted by Gasteiger charge is 2.20. The Labute approximate surface area is 111 Å². The van der Waals surface area contributed by atoms with E-state index in [-0.39, 0.29) is 0 Å². The van der Waals surface area contributed by atoms with Gasteiger partial charge in [-0.15, -0.1) is 0 Å². The van der Waals surface area contributed by atoms with E-state index in [4.69, 9.17) is 11.6 Å². The van der Waals surface area contributed by atoms with Crippen LogP contribution in [0.2, 0.25) is 5.02 Å². The van der Waals surface area contributed by atoms with Crippen molar-refractivity contribution in [2.75, 3.05) is 5.32 Å². The van der Waals surface area contributed by atoms with Gasteiger partial charge in [0.25, 0.3) is 0 Å². The second-order valence-electron chi connectivity index (χ2n) is 4.70. The van der Waals surface area contributed by atoms with Crippen molar-refractivity contribution >= 4 is 33.2 Å². The highest BCUT2D eigenvalue weighted by Crippen LogP contribution is 2.32. The number of hydrogen-bond acceptors (Lipinski definition) is 1. The number of hydrogen-bond donors (Lipinski definition) is 1. The maximum atomic E-state index is 5.98. The summed E-state index contributed by atoms with van der Waals surface area (Å²) in [5.41, 5.74) is 1.10. The van der Waals surface area contributed by atoms with Crippen molar-refractivity contribution in [3.05, 3.63) is 27.7 Å². The highest BCUT2D eigenvalue weighted by molar-refractivity contribution is 9.10. The molecule has 1 nitrogen and oxygen atoms in total. The zero-order chi connectivity index (χ0) is 11.5. The summed E-state index contributed by atoms with van der Waals surface area (Å²) < 4.78 is 1.08. The lowest BCUT2D eigenvalue weighted by Gasteiger charge is -2.29. The Morgan fingerprint density at radius 2 is 2.25 bits per heavy atom. The molecule has 0 aliphatic heterocycles. The largest absolute Gasteiger partial charge is 0.382 e. The van der Waals surface area contributed by atoms with Gasteiger partial charge in [0, 0.05) is 15.5 Å². The van der Waals surface area contributed by atoms with E-state index < -0.39 is 0 Å². The van der Waals surface area contributed by atoms with Crippen molar-refractivity contribution in [3.63, 3.8) is 0 Å². The van der Waals surface area contributed by atoms with Crippen molar-refractivity contribution in [3.8, 4) is 0 Å². The normalized spacial score (nSPS) is 17.9. The summed E-state index contributed by atoms with van der Waals surface area (Å²) >= 11 is 9.52. The molecule has 1 aromatic rings. The smallest absolute Gasteiger partial charge is 0.0501 e. The Kier molecular flexibility index (Phi) is 4.15. The second-order valence-corrected chi connectivity index (χ2v) is 5.99. The maximum absolute atomic E-state index is 5.98. The van der Waals surface area contributed by atoms with E-state index in [9.17, 15) is 0 Å². The van der Waals surface area contributed by atoms with Crippen LogP contribution in [0.1, 0.15) is 32.6 Å². The third kappa shape index (κ3) is 3.14. The van der Waals surface area contributed by atoms with Crippen LogP contribution < -0.4 is 5.32 Å². The molecule has 1 aromatic carbocycles. The van der Waals surface area contributed by atoms with E-state index in [1.807, 2.05) is 18.2 Å². The van der Waals surface area contributed by atoms with Crippen LogP contribution in [-0.2, 0) is 0 Å². The molecule has 3 heteroatoms. The zero-order valence-corrected chi connectivity index (χ0v) is 11.8. The molecule has 1 fully saturated rings. The van der Waals surface area contributed by atoms with Gasteiger partial charge in [-0.05, 0) is 53.4 Å². The van der Waals surface area contributed by atoms with Gasteiger partial charge in [0.2, 0.25) is 0 Å². The van der Waals surface area contributed by atoms with Crippen molar-refractivity contribution in [1.29, 1.82) is 0 Å². The lowest BCUT2D eigenvalue weighted by atomic mass is 9.81. The third-order valence-electron chi connectivity index (χ3n) is 3.24. The molecular formula is C13H17BrClN. The quantitative estimate of drug-likeness (QED) is 0.816. The molecule has 1 N–H and O–H groups in total. The van der Waals surface area contributed by atoms with E-state index in [1.165, 1.54) is 25.7 Å². The molecule has 2 rings (SSSR count). The lowest BCUT2D eigenvalue weighted by Crippen LogP contribution is -2.23. The molecule has 1 atom stereocenters. The van der Waals surface area contributed by atoms with Gasteiger partial charge in [0.15, 0.2) is 0 Å². The van der Waals surface area contributed by atoms with Crippen LogP contribution in [0.3, 0.4) is 0 Å². The van der Waals surface area contributed by atoms with Crippen LogP contribution in [0.15, 0.2) is 22.7 Å². The van der Waals surface area contributed by atoms with Gasteiger partial charge in [-0.25, -0.2) is 0 Å². The second kappa shape index (κ2) is 5.42. The number of nitrogens with one attached hydrogen (secondary N) is 1. The van der Waals surface area contributed by atoms with Crippen LogP contribution in [0.4, 0.5) is 5.69 Å². The number of benzene rings is 1. The number of halogens is 2. The summed E-state index contributed by atoms with van der Waals surface area (Å²) in [5, 5.41) is 4.30. The maximum Gasteiger partial charge on any atom is 0.0501 e. The standard InChI is InChI=1S/C13H17BrClN/c1-9(7-10-3-2-4-10)16-13-8-11(15)5-6-12(13)14/h5-6,8-10,16H,2-4,7H2,1H3. The van der Waals surface area contributed by atoms with Crippen molar-refractivity contribution in [2.24, 2.45) is 5.92 Å². The summed E-state index contributed by atoms with van der Waals surface area (Å²) in [6.45, 7) is 2.24. The average Bonchev–Trinajstić information content (AvgIpc) is 2.18. The number of anilines is 1. The van der Waals surface area contributed by atoms with Crippen LogP contribution in [0.25, 0.3) is 0 Å². The van der Waals surface area contributed by atoms with Gasteiger partial charge in [-0.1, -0.05) is 30.9 Å². The monoisotopic (exact) mass is 301 g/mol. The van der Waals surface area contributed by atoms with Gasteiger partial charge >= 0.3 is 0 Å². The molecule has 0 radical (unpaired) electrons. The molecule has 88 valence electrons. The first kappa shape index (κ1) is 12.3. The van der Waals surface area contributed by atoms with Gasteiger partial charge in [-0.2, -0.15) is 0 Å². The molecule has 0 heterocycles. The average molecular weight is 303 g/mol. The Bertz CT molecular complexity index is 363. The van der Waals surface area contributed by atoms with Gasteiger partial charge in [0.05, 0.1) is 5.69 Å². The highest BCUT2D eigenvalue weighted by atomic mass is 79.9. The molecule has 0 spiro atoms. The first-order valence-electron chi connectivity index (χ1n) is 5.87. The molecule has 1 aliphatic rings. The number of rotatable bonds is 4. The van der Waals surface area contributed by atoms with Crippen LogP contribution in [-0.4, -0.2) is 6.04 Å². The van der Waals surface area contributed by atoms with Gasteiger partial charge < -0.3 is 5.32 Å². The zero-order valence-electron chi connectivity index (χ0n) is 9.47. The minimum Gasteiger partial charge on any atom is -0.382 e. The molecule has 0 aromatic heterocycles. The molecule has 1 saturated carbocycles.